The standard InChI is InChI=1S/C14H19F3N2O.ClH/c1-18-9-5-8-13(20)19(2)10-11-6-3-4-7-12(11)14(15,16)17;/h3-4,6-7,18H,5,8-10H2,1-2H3;1H. The summed E-state index contributed by atoms with van der Waals surface area (Å²) in [6, 6.07) is 5.33. The summed E-state index contributed by atoms with van der Waals surface area (Å²) in [5.74, 6) is -0.155. The lowest BCUT2D eigenvalue weighted by Crippen LogP contribution is -2.28. The first-order chi connectivity index (χ1) is 9.36. The van der Waals surface area contributed by atoms with Crippen molar-refractivity contribution in [3.8, 4) is 0 Å². The first kappa shape index (κ1) is 19.7. The van der Waals surface area contributed by atoms with E-state index in [1.165, 1.54) is 24.1 Å². The maximum atomic E-state index is 12.8. The van der Waals surface area contributed by atoms with Gasteiger partial charge in [0.25, 0.3) is 0 Å². The number of hydrogen-bond donors (Lipinski definition) is 1. The zero-order valence-electron chi connectivity index (χ0n) is 12.0. The third kappa shape index (κ3) is 6.35. The highest BCUT2D eigenvalue weighted by Gasteiger charge is 2.33. The molecule has 0 fully saturated rings. The Balaban J connectivity index is 0.00000400. The molecular weight excluding hydrogens is 305 g/mol. The molecule has 0 radical (unpaired) electrons. The van der Waals surface area contributed by atoms with E-state index < -0.39 is 11.7 Å². The molecule has 120 valence electrons. The molecule has 0 atom stereocenters. The van der Waals surface area contributed by atoms with Crippen molar-refractivity contribution in [3.05, 3.63) is 35.4 Å². The van der Waals surface area contributed by atoms with Crippen molar-refractivity contribution in [2.24, 2.45) is 0 Å². The maximum absolute atomic E-state index is 12.8. The molecule has 7 heteroatoms. The van der Waals surface area contributed by atoms with E-state index in [4.69, 9.17) is 0 Å². The lowest BCUT2D eigenvalue weighted by Gasteiger charge is -2.20. The molecule has 0 bridgehead atoms. The quantitative estimate of drug-likeness (QED) is 0.816. The fourth-order valence-electron chi connectivity index (χ4n) is 1.89. The van der Waals surface area contributed by atoms with E-state index in [-0.39, 0.29) is 30.4 Å². The highest BCUT2D eigenvalue weighted by atomic mass is 35.5. The summed E-state index contributed by atoms with van der Waals surface area (Å²) in [5.41, 5.74) is -0.570. The van der Waals surface area contributed by atoms with Gasteiger partial charge in [0.1, 0.15) is 0 Å². The first-order valence-electron chi connectivity index (χ1n) is 6.40. The molecule has 0 unspecified atom stereocenters. The van der Waals surface area contributed by atoms with Gasteiger partial charge in [0, 0.05) is 20.0 Å². The molecule has 0 aliphatic heterocycles. The number of carbonyl (C=O) groups excluding carboxylic acids is 1. The second kappa shape index (κ2) is 8.89. The third-order valence-corrected chi connectivity index (χ3v) is 2.97. The maximum Gasteiger partial charge on any atom is 0.416 e. The first-order valence-corrected chi connectivity index (χ1v) is 6.40. The molecule has 0 aliphatic rings. The Morgan fingerprint density at radius 1 is 1.29 bits per heavy atom. The number of nitrogens with zero attached hydrogens (tertiary/aromatic N) is 1. The lowest BCUT2D eigenvalue weighted by atomic mass is 10.1. The van der Waals surface area contributed by atoms with E-state index in [1.807, 2.05) is 0 Å². The van der Waals surface area contributed by atoms with E-state index in [1.54, 1.807) is 13.1 Å². The molecule has 0 aromatic heterocycles. The summed E-state index contributed by atoms with van der Waals surface area (Å²) < 4.78 is 38.5. The Kier molecular flexibility index (Phi) is 8.36. The molecular formula is C14H20ClF3N2O. The van der Waals surface area contributed by atoms with Crippen LogP contribution in [-0.2, 0) is 17.5 Å². The van der Waals surface area contributed by atoms with E-state index in [9.17, 15) is 18.0 Å². The minimum atomic E-state index is -4.40. The molecule has 1 rings (SSSR count). The summed E-state index contributed by atoms with van der Waals surface area (Å²) >= 11 is 0. The number of alkyl halides is 3. The van der Waals surface area contributed by atoms with Gasteiger partial charge < -0.3 is 10.2 Å². The Bertz CT molecular complexity index is 452. The highest BCUT2D eigenvalue weighted by Crippen LogP contribution is 2.32. The van der Waals surface area contributed by atoms with Crippen molar-refractivity contribution in [1.82, 2.24) is 10.2 Å². The summed E-state index contributed by atoms with van der Waals surface area (Å²) in [5, 5.41) is 2.92. The van der Waals surface area contributed by atoms with Crippen LogP contribution in [0.5, 0.6) is 0 Å². The molecule has 1 aromatic carbocycles. The van der Waals surface area contributed by atoms with E-state index in [0.717, 1.165) is 6.07 Å². The third-order valence-electron chi connectivity index (χ3n) is 2.97. The van der Waals surface area contributed by atoms with Gasteiger partial charge in [-0.2, -0.15) is 13.2 Å². The Labute approximate surface area is 128 Å². The molecule has 21 heavy (non-hydrogen) atoms. The van der Waals surface area contributed by atoms with E-state index >= 15 is 0 Å². The topological polar surface area (TPSA) is 32.3 Å². The van der Waals surface area contributed by atoms with Crippen molar-refractivity contribution in [2.75, 3.05) is 20.6 Å². The number of rotatable bonds is 6. The Morgan fingerprint density at radius 2 is 1.90 bits per heavy atom. The van der Waals surface area contributed by atoms with Crippen molar-refractivity contribution in [1.29, 1.82) is 0 Å². The van der Waals surface area contributed by atoms with Crippen LogP contribution in [0.1, 0.15) is 24.0 Å². The molecule has 0 spiro atoms. The molecule has 3 nitrogen and oxygen atoms in total. The van der Waals surface area contributed by atoms with Crippen LogP contribution in [0.3, 0.4) is 0 Å². The number of amides is 1. The SMILES string of the molecule is CNCCCC(=O)N(C)Cc1ccccc1C(F)(F)F.Cl. The van der Waals surface area contributed by atoms with E-state index in [2.05, 4.69) is 5.32 Å². The van der Waals surface area contributed by atoms with Gasteiger partial charge in [-0.15, -0.1) is 12.4 Å². The molecule has 0 aliphatic carbocycles. The number of nitrogens with one attached hydrogen (secondary N) is 1. The van der Waals surface area contributed by atoms with Crippen LogP contribution in [-0.4, -0.2) is 31.4 Å². The predicted octanol–water partition coefficient (Wildman–Crippen LogP) is 3.09. The number of carbonyl (C=O) groups is 1. The number of halogens is 4. The number of benzene rings is 1. The number of hydrogen-bond acceptors (Lipinski definition) is 2. The van der Waals surface area contributed by atoms with Gasteiger partial charge in [0.15, 0.2) is 0 Å². The zero-order valence-corrected chi connectivity index (χ0v) is 12.9. The van der Waals surface area contributed by atoms with Crippen LogP contribution in [0.2, 0.25) is 0 Å². The van der Waals surface area contributed by atoms with Crippen LogP contribution >= 0.6 is 12.4 Å². The fraction of sp³-hybridized carbons (Fsp3) is 0.500. The van der Waals surface area contributed by atoms with Gasteiger partial charge in [-0.25, -0.2) is 0 Å². The normalized spacial score (nSPS) is 10.9. The second-order valence-corrected chi connectivity index (χ2v) is 4.61. The minimum Gasteiger partial charge on any atom is -0.341 e. The van der Waals surface area contributed by atoms with Crippen LogP contribution in [0.25, 0.3) is 0 Å². The van der Waals surface area contributed by atoms with Crippen LogP contribution in [0.15, 0.2) is 24.3 Å². The Hall–Kier alpha value is -1.27. The molecule has 0 saturated heterocycles. The Morgan fingerprint density at radius 3 is 2.48 bits per heavy atom. The summed E-state index contributed by atoms with van der Waals surface area (Å²) in [4.78, 5) is 13.1. The molecule has 0 heterocycles. The average molecular weight is 325 g/mol. The zero-order chi connectivity index (χ0) is 15.2. The smallest absolute Gasteiger partial charge is 0.341 e. The second-order valence-electron chi connectivity index (χ2n) is 4.61. The van der Waals surface area contributed by atoms with Gasteiger partial charge in [-0.05, 0) is 31.6 Å². The molecule has 1 amide bonds. The largest absolute Gasteiger partial charge is 0.416 e. The van der Waals surface area contributed by atoms with Crippen molar-refractivity contribution >= 4 is 18.3 Å². The highest BCUT2D eigenvalue weighted by molar-refractivity contribution is 5.85. The van der Waals surface area contributed by atoms with Crippen molar-refractivity contribution in [3.63, 3.8) is 0 Å². The monoisotopic (exact) mass is 324 g/mol. The fourth-order valence-corrected chi connectivity index (χ4v) is 1.89. The average Bonchev–Trinajstić information content (AvgIpc) is 2.38. The van der Waals surface area contributed by atoms with Gasteiger partial charge in [-0.3, -0.25) is 4.79 Å². The summed E-state index contributed by atoms with van der Waals surface area (Å²) in [6.45, 7) is 0.673. The van der Waals surface area contributed by atoms with Gasteiger partial charge in [0.05, 0.1) is 5.56 Å². The molecule has 0 saturated carbocycles. The molecule has 1 aromatic rings. The van der Waals surface area contributed by atoms with E-state index in [0.29, 0.717) is 19.4 Å². The minimum absolute atomic E-state index is 0. The van der Waals surface area contributed by atoms with Gasteiger partial charge in [-0.1, -0.05) is 18.2 Å². The summed E-state index contributed by atoms with van der Waals surface area (Å²) in [7, 11) is 3.31. The van der Waals surface area contributed by atoms with Crippen LogP contribution < -0.4 is 5.32 Å². The lowest BCUT2D eigenvalue weighted by molar-refractivity contribution is -0.139. The molecule has 1 N–H and O–H groups in total. The van der Waals surface area contributed by atoms with Crippen molar-refractivity contribution < 1.29 is 18.0 Å². The van der Waals surface area contributed by atoms with Crippen LogP contribution in [0.4, 0.5) is 13.2 Å². The van der Waals surface area contributed by atoms with Gasteiger partial charge in [0.2, 0.25) is 5.91 Å². The van der Waals surface area contributed by atoms with Crippen LogP contribution in [0, 0.1) is 0 Å². The van der Waals surface area contributed by atoms with Crippen molar-refractivity contribution in [2.45, 2.75) is 25.6 Å². The summed E-state index contributed by atoms with van der Waals surface area (Å²) in [6.07, 6.45) is -3.40. The van der Waals surface area contributed by atoms with Gasteiger partial charge >= 0.3 is 6.18 Å². The predicted molar refractivity (Wildman–Crippen MR) is 78.3 cm³/mol.